The summed E-state index contributed by atoms with van der Waals surface area (Å²) in [5.41, 5.74) is 1.31. The second kappa shape index (κ2) is 5.08. The van der Waals surface area contributed by atoms with Gasteiger partial charge < -0.3 is 10.3 Å². The SMILES string of the molecule is CN1/C(=C\C=C\C=N)S(C)(C)c2c1ccc1ccccc21. The van der Waals surface area contributed by atoms with E-state index in [1.165, 1.54) is 32.6 Å². The van der Waals surface area contributed by atoms with Crippen LogP contribution in [0.4, 0.5) is 5.69 Å². The molecule has 1 N–H and O–H groups in total. The van der Waals surface area contributed by atoms with Crippen molar-refractivity contribution in [2.24, 2.45) is 0 Å². The number of nitrogens with one attached hydrogen (secondary N) is 1. The van der Waals surface area contributed by atoms with E-state index >= 15 is 0 Å². The van der Waals surface area contributed by atoms with Crippen molar-refractivity contribution < 1.29 is 0 Å². The van der Waals surface area contributed by atoms with Gasteiger partial charge in [0.15, 0.2) is 0 Å². The standard InChI is InChI=1S/C18H20N2S/c1-20-16-12-11-14-8-4-5-9-15(14)18(16)21(2,3)17(20)10-6-7-13-19/h4-13,19H,1-3H3/b7-6+,17-10+,19-13?. The Labute approximate surface area is 127 Å². The molecule has 1 aliphatic heterocycles. The van der Waals surface area contributed by atoms with Gasteiger partial charge in [-0.1, -0.05) is 36.4 Å². The summed E-state index contributed by atoms with van der Waals surface area (Å²) in [6.07, 6.45) is 11.9. The minimum absolute atomic E-state index is 1.04. The number of benzene rings is 2. The Bertz CT molecular complexity index is 772. The molecule has 0 aliphatic carbocycles. The third kappa shape index (κ3) is 2.09. The smallest absolute Gasteiger partial charge is 0.0613 e. The molecule has 2 aromatic rings. The lowest BCUT2D eigenvalue weighted by molar-refractivity contribution is 1.18. The Morgan fingerprint density at radius 1 is 1.05 bits per heavy atom. The second-order valence-electron chi connectivity index (χ2n) is 5.58. The number of nitrogens with zero attached hydrogens (tertiary/aromatic N) is 1. The monoisotopic (exact) mass is 296 g/mol. The fourth-order valence-electron chi connectivity index (χ4n) is 3.07. The average Bonchev–Trinajstić information content (AvgIpc) is 2.68. The molecule has 2 nitrogen and oxygen atoms in total. The molecule has 0 saturated carbocycles. The third-order valence-corrected chi connectivity index (χ3v) is 6.94. The van der Waals surface area contributed by atoms with E-state index in [1.54, 1.807) is 6.08 Å². The van der Waals surface area contributed by atoms with Gasteiger partial charge in [0.1, 0.15) is 0 Å². The molecule has 2 aromatic carbocycles. The summed E-state index contributed by atoms with van der Waals surface area (Å²) in [6.45, 7) is 0. The Morgan fingerprint density at radius 3 is 2.57 bits per heavy atom. The van der Waals surface area contributed by atoms with Gasteiger partial charge in [-0.15, -0.1) is 0 Å². The van der Waals surface area contributed by atoms with Crippen molar-refractivity contribution in [1.82, 2.24) is 0 Å². The van der Waals surface area contributed by atoms with Gasteiger partial charge in [-0.25, -0.2) is 0 Å². The molecule has 0 spiro atoms. The molecule has 0 bridgehead atoms. The van der Waals surface area contributed by atoms with Crippen molar-refractivity contribution in [3.05, 3.63) is 59.7 Å². The zero-order valence-corrected chi connectivity index (χ0v) is 13.4. The van der Waals surface area contributed by atoms with E-state index in [0.29, 0.717) is 0 Å². The molecule has 1 aliphatic rings. The van der Waals surface area contributed by atoms with Crippen LogP contribution in [0.1, 0.15) is 0 Å². The molecule has 0 amide bonds. The number of anilines is 1. The highest BCUT2D eigenvalue weighted by Gasteiger charge is 2.35. The van der Waals surface area contributed by atoms with Crippen molar-refractivity contribution in [2.75, 3.05) is 24.5 Å². The van der Waals surface area contributed by atoms with Crippen LogP contribution < -0.4 is 4.90 Å². The first kappa shape index (κ1) is 14.0. The first-order chi connectivity index (χ1) is 10.1. The van der Waals surface area contributed by atoms with E-state index < -0.39 is 10.0 Å². The van der Waals surface area contributed by atoms with Crippen LogP contribution in [0.25, 0.3) is 10.8 Å². The Kier molecular flexibility index (Phi) is 3.38. The Balaban J connectivity index is 2.26. The predicted molar refractivity (Wildman–Crippen MR) is 96.1 cm³/mol. The van der Waals surface area contributed by atoms with Crippen molar-refractivity contribution in [3.63, 3.8) is 0 Å². The highest BCUT2D eigenvalue weighted by atomic mass is 32.3. The van der Waals surface area contributed by atoms with Gasteiger partial charge in [-0.05, 0) is 41.5 Å². The number of hydrogen-bond acceptors (Lipinski definition) is 2. The number of rotatable bonds is 2. The lowest BCUT2D eigenvalue weighted by atomic mass is 10.1. The Hall–Kier alpha value is -2.00. The van der Waals surface area contributed by atoms with Crippen molar-refractivity contribution in [2.45, 2.75) is 4.90 Å². The van der Waals surface area contributed by atoms with Gasteiger partial charge in [0.05, 0.1) is 10.7 Å². The molecule has 0 atom stereocenters. The molecule has 0 fully saturated rings. The van der Waals surface area contributed by atoms with Crippen LogP contribution in [0.2, 0.25) is 0 Å². The third-order valence-electron chi connectivity index (χ3n) is 4.03. The fraction of sp³-hybridized carbons (Fsp3) is 0.167. The molecule has 0 saturated heterocycles. The predicted octanol–water partition coefficient (Wildman–Crippen LogP) is 4.76. The lowest BCUT2D eigenvalue weighted by Gasteiger charge is -2.29. The van der Waals surface area contributed by atoms with Crippen LogP contribution in [0.5, 0.6) is 0 Å². The minimum Gasteiger partial charge on any atom is -0.339 e. The molecule has 108 valence electrons. The summed E-state index contributed by atoms with van der Waals surface area (Å²) < 4.78 is 0. The lowest BCUT2D eigenvalue weighted by Crippen LogP contribution is -2.12. The Morgan fingerprint density at radius 2 is 1.81 bits per heavy atom. The second-order valence-corrected chi connectivity index (χ2v) is 9.06. The minimum atomic E-state index is -1.04. The summed E-state index contributed by atoms with van der Waals surface area (Å²) in [7, 11) is 1.10. The average molecular weight is 296 g/mol. The quantitative estimate of drug-likeness (QED) is 0.795. The maximum atomic E-state index is 7.11. The first-order valence-electron chi connectivity index (χ1n) is 6.93. The molecular formula is C18H20N2S. The van der Waals surface area contributed by atoms with Crippen LogP contribution in [0.3, 0.4) is 0 Å². The van der Waals surface area contributed by atoms with E-state index in [2.05, 4.69) is 66.9 Å². The van der Waals surface area contributed by atoms with E-state index in [4.69, 9.17) is 5.41 Å². The van der Waals surface area contributed by atoms with Crippen molar-refractivity contribution >= 4 is 32.7 Å². The van der Waals surface area contributed by atoms with Gasteiger partial charge in [-0.3, -0.25) is 0 Å². The van der Waals surface area contributed by atoms with E-state index in [9.17, 15) is 0 Å². The largest absolute Gasteiger partial charge is 0.339 e. The topological polar surface area (TPSA) is 27.1 Å². The zero-order chi connectivity index (χ0) is 15.0. The highest BCUT2D eigenvalue weighted by molar-refractivity contribution is 8.36. The fourth-order valence-corrected chi connectivity index (χ4v) is 5.95. The molecule has 1 heterocycles. The van der Waals surface area contributed by atoms with Gasteiger partial charge in [0, 0.05) is 18.2 Å². The van der Waals surface area contributed by atoms with Crippen LogP contribution in [-0.2, 0) is 0 Å². The van der Waals surface area contributed by atoms with Crippen LogP contribution >= 0.6 is 10.0 Å². The van der Waals surface area contributed by atoms with Gasteiger partial charge >= 0.3 is 0 Å². The van der Waals surface area contributed by atoms with Gasteiger partial charge in [0.25, 0.3) is 0 Å². The summed E-state index contributed by atoms with van der Waals surface area (Å²) in [5, 5.41) is 11.1. The highest BCUT2D eigenvalue weighted by Crippen LogP contribution is 2.67. The molecule has 0 aromatic heterocycles. The molecule has 21 heavy (non-hydrogen) atoms. The van der Waals surface area contributed by atoms with E-state index in [0.717, 1.165) is 0 Å². The number of hydrogen-bond donors (Lipinski definition) is 1. The molecule has 0 unspecified atom stereocenters. The van der Waals surface area contributed by atoms with Crippen LogP contribution in [0, 0.1) is 5.41 Å². The number of allylic oxidation sites excluding steroid dienone is 3. The maximum absolute atomic E-state index is 7.11. The molecule has 0 radical (unpaired) electrons. The molecule has 3 heteroatoms. The van der Waals surface area contributed by atoms with Crippen LogP contribution in [0.15, 0.2) is 64.6 Å². The normalized spacial score (nSPS) is 20.1. The van der Waals surface area contributed by atoms with E-state index in [1.807, 2.05) is 6.08 Å². The van der Waals surface area contributed by atoms with Gasteiger partial charge in [0.2, 0.25) is 0 Å². The van der Waals surface area contributed by atoms with E-state index in [-0.39, 0.29) is 0 Å². The molecular weight excluding hydrogens is 276 g/mol. The number of fused-ring (bicyclic) bond motifs is 3. The van der Waals surface area contributed by atoms with Crippen molar-refractivity contribution in [1.29, 1.82) is 5.41 Å². The van der Waals surface area contributed by atoms with Crippen molar-refractivity contribution in [3.8, 4) is 0 Å². The zero-order valence-electron chi connectivity index (χ0n) is 12.6. The summed E-state index contributed by atoms with van der Waals surface area (Å²) in [5.74, 6) is 0. The summed E-state index contributed by atoms with van der Waals surface area (Å²) >= 11 is 0. The first-order valence-corrected chi connectivity index (χ1v) is 9.38. The maximum Gasteiger partial charge on any atom is 0.0613 e. The molecule has 3 rings (SSSR count). The summed E-state index contributed by atoms with van der Waals surface area (Å²) in [6, 6.07) is 13.1. The van der Waals surface area contributed by atoms with Crippen LogP contribution in [-0.4, -0.2) is 25.8 Å². The summed E-state index contributed by atoms with van der Waals surface area (Å²) in [4.78, 5) is 3.77. The van der Waals surface area contributed by atoms with Gasteiger partial charge in [-0.2, -0.15) is 10.0 Å².